The number of nitrogens with one attached hydrogen (secondary N) is 1. The van der Waals surface area contributed by atoms with Crippen LogP contribution in [0.2, 0.25) is 0 Å². The van der Waals surface area contributed by atoms with E-state index in [1.54, 1.807) is 0 Å². The highest BCUT2D eigenvalue weighted by molar-refractivity contribution is 4.66. The Morgan fingerprint density at radius 1 is 1.27 bits per heavy atom. The average Bonchev–Trinajstić information content (AvgIpc) is 2.15. The highest BCUT2D eigenvalue weighted by Gasteiger charge is 2.26. The first-order valence-electron chi connectivity index (χ1n) is 5.42. The number of hydrogen-bond donors (Lipinski definition) is 1. The fourth-order valence-electron chi connectivity index (χ4n) is 1.40. The van der Waals surface area contributed by atoms with Gasteiger partial charge in [-0.15, -0.1) is 0 Å². The van der Waals surface area contributed by atoms with Crippen LogP contribution in [0.1, 0.15) is 27.2 Å². The minimum atomic E-state index is -4.10. The monoisotopic (exact) mass is 226 g/mol. The Bertz CT molecular complexity index is 159. The maximum absolute atomic E-state index is 11.8. The van der Waals surface area contributed by atoms with Gasteiger partial charge in [0.05, 0.1) is 6.54 Å². The summed E-state index contributed by atoms with van der Waals surface area (Å²) in [6, 6.07) is 0.433. The summed E-state index contributed by atoms with van der Waals surface area (Å²) in [7, 11) is 0. The summed E-state index contributed by atoms with van der Waals surface area (Å²) in [5, 5.41) is 2.40. The van der Waals surface area contributed by atoms with Crippen molar-refractivity contribution >= 4 is 0 Å². The van der Waals surface area contributed by atoms with Crippen LogP contribution < -0.4 is 5.32 Å². The van der Waals surface area contributed by atoms with E-state index in [0.29, 0.717) is 19.1 Å². The molecule has 0 fully saturated rings. The maximum Gasteiger partial charge on any atom is 0.401 e. The smallest absolute Gasteiger partial charge is 0.307 e. The van der Waals surface area contributed by atoms with Crippen LogP contribution >= 0.6 is 0 Å². The highest BCUT2D eigenvalue weighted by Crippen LogP contribution is 2.11. The van der Waals surface area contributed by atoms with E-state index >= 15 is 0 Å². The van der Waals surface area contributed by atoms with E-state index in [4.69, 9.17) is 0 Å². The second-order valence-corrected chi connectivity index (χ2v) is 3.68. The molecule has 0 amide bonds. The van der Waals surface area contributed by atoms with Crippen molar-refractivity contribution in [3.05, 3.63) is 0 Å². The van der Waals surface area contributed by atoms with Gasteiger partial charge in [-0.3, -0.25) is 4.90 Å². The molecule has 0 aliphatic heterocycles. The zero-order valence-electron chi connectivity index (χ0n) is 9.69. The van der Waals surface area contributed by atoms with Gasteiger partial charge in [-0.2, -0.15) is 13.2 Å². The predicted octanol–water partition coefficient (Wildman–Crippen LogP) is 2.26. The molecule has 0 bridgehead atoms. The standard InChI is InChI=1S/C10H21F3N2/c1-4-9(3)15(5-2)7-6-14-8-10(11,12)13/h9,14H,4-8H2,1-3H3. The van der Waals surface area contributed by atoms with E-state index in [1.165, 1.54) is 0 Å². The van der Waals surface area contributed by atoms with Crippen LogP contribution in [0.15, 0.2) is 0 Å². The van der Waals surface area contributed by atoms with Crippen LogP contribution in [-0.2, 0) is 0 Å². The van der Waals surface area contributed by atoms with Crippen molar-refractivity contribution in [2.75, 3.05) is 26.2 Å². The average molecular weight is 226 g/mol. The molecule has 0 aromatic heterocycles. The van der Waals surface area contributed by atoms with Gasteiger partial charge in [-0.05, 0) is 19.9 Å². The molecule has 5 heteroatoms. The van der Waals surface area contributed by atoms with Crippen LogP contribution in [0.4, 0.5) is 13.2 Å². The zero-order valence-corrected chi connectivity index (χ0v) is 9.69. The largest absolute Gasteiger partial charge is 0.401 e. The van der Waals surface area contributed by atoms with Gasteiger partial charge in [0.1, 0.15) is 0 Å². The van der Waals surface area contributed by atoms with Crippen LogP contribution in [-0.4, -0.2) is 43.3 Å². The second kappa shape index (κ2) is 7.06. The molecular weight excluding hydrogens is 205 g/mol. The molecule has 0 aromatic rings. The quantitative estimate of drug-likeness (QED) is 0.670. The Balaban J connectivity index is 3.64. The fourth-order valence-corrected chi connectivity index (χ4v) is 1.40. The molecule has 0 heterocycles. The lowest BCUT2D eigenvalue weighted by Crippen LogP contribution is -2.40. The zero-order chi connectivity index (χ0) is 11.9. The summed E-state index contributed by atoms with van der Waals surface area (Å²) >= 11 is 0. The number of rotatable bonds is 7. The number of hydrogen-bond acceptors (Lipinski definition) is 2. The van der Waals surface area contributed by atoms with E-state index in [0.717, 1.165) is 13.0 Å². The van der Waals surface area contributed by atoms with Crippen molar-refractivity contribution in [1.82, 2.24) is 10.2 Å². The van der Waals surface area contributed by atoms with Crippen LogP contribution in [0.3, 0.4) is 0 Å². The molecule has 0 saturated carbocycles. The Kier molecular flexibility index (Phi) is 6.92. The van der Waals surface area contributed by atoms with Gasteiger partial charge in [0.15, 0.2) is 0 Å². The Labute approximate surface area is 89.8 Å². The molecule has 0 rings (SSSR count). The number of likely N-dealkylation sites (N-methyl/N-ethyl adjacent to an activating group) is 1. The summed E-state index contributed by atoms with van der Waals surface area (Å²) in [4.78, 5) is 2.17. The first-order valence-corrected chi connectivity index (χ1v) is 5.42. The molecule has 1 atom stereocenters. The molecule has 0 aromatic carbocycles. The number of halogens is 3. The first-order chi connectivity index (χ1) is 6.90. The lowest BCUT2D eigenvalue weighted by atomic mass is 10.2. The van der Waals surface area contributed by atoms with Crippen LogP contribution in [0.5, 0.6) is 0 Å². The van der Waals surface area contributed by atoms with Gasteiger partial charge < -0.3 is 5.32 Å². The molecule has 92 valence electrons. The molecule has 15 heavy (non-hydrogen) atoms. The van der Waals surface area contributed by atoms with Gasteiger partial charge in [-0.1, -0.05) is 13.8 Å². The second-order valence-electron chi connectivity index (χ2n) is 3.68. The first kappa shape index (κ1) is 14.7. The minimum Gasteiger partial charge on any atom is -0.307 e. The van der Waals surface area contributed by atoms with Crippen molar-refractivity contribution < 1.29 is 13.2 Å². The van der Waals surface area contributed by atoms with E-state index in [2.05, 4.69) is 24.1 Å². The molecule has 2 nitrogen and oxygen atoms in total. The Morgan fingerprint density at radius 2 is 1.87 bits per heavy atom. The van der Waals surface area contributed by atoms with Gasteiger partial charge >= 0.3 is 6.18 Å². The topological polar surface area (TPSA) is 15.3 Å². The van der Waals surface area contributed by atoms with Gasteiger partial charge in [0.2, 0.25) is 0 Å². The molecule has 1 N–H and O–H groups in total. The van der Waals surface area contributed by atoms with Gasteiger partial charge in [0, 0.05) is 19.1 Å². The van der Waals surface area contributed by atoms with E-state index in [1.807, 2.05) is 6.92 Å². The van der Waals surface area contributed by atoms with Crippen LogP contribution in [0.25, 0.3) is 0 Å². The molecule has 0 saturated heterocycles. The van der Waals surface area contributed by atoms with Crippen molar-refractivity contribution in [1.29, 1.82) is 0 Å². The van der Waals surface area contributed by atoms with Crippen LogP contribution in [0, 0.1) is 0 Å². The maximum atomic E-state index is 11.8. The lowest BCUT2D eigenvalue weighted by Gasteiger charge is -2.27. The van der Waals surface area contributed by atoms with Crippen molar-refractivity contribution in [2.45, 2.75) is 39.4 Å². The summed E-state index contributed by atoms with van der Waals surface area (Å²) < 4.78 is 35.4. The van der Waals surface area contributed by atoms with E-state index in [-0.39, 0.29) is 0 Å². The number of alkyl halides is 3. The fraction of sp³-hybridized carbons (Fsp3) is 1.00. The molecule has 0 aliphatic rings. The summed E-state index contributed by atoms with van der Waals surface area (Å²) in [5.41, 5.74) is 0. The molecule has 0 aliphatic carbocycles. The Morgan fingerprint density at radius 3 is 2.27 bits per heavy atom. The highest BCUT2D eigenvalue weighted by atomic mass is 19.4. The summed E-state index contributed by atoms with van der Waals surface area (Å²) in [5.74, 6) is 0. The van der Waals surface area contributed by atoms with Crippen molar-refractivity contribution in [3.8, 4) is 0 Å². The summed E-state index contributed by atoms with van der Waals surface area (Å²) in [6.45, 7) is 7.23. The van der Waals surface area contributed by atoms with Gasteiger partial charge in [0.25, 0.3) is 0 Å². The molecule has 0 radical (unpaired) electrons. The third kappa shape index (κ3) is 7.62. The SMILES string of the molecule is CCC(C)N(CC)CCNCC(F)(F)F. The van der Waals surface area contributed by atoms with E-state index in [9.17, 15) is 13.2 Å². The van der Waals surface area contributed by atoms with E-state index < -0.39 is 12.7 Å². The van der Waals surface area contributed by atoms with Crippen molar-refractivity contribution in [2.24, 2.45) is 0 Å². The van der Waals surface area contributed by atoms with Gasteiger partial charge in [-0.25, -0.2) is 0 Å². The summed E-state index contributed by atoms with van der Waals surface area (Å²) in [6.07, 6.45) is -3.08. The predicted molar refractivity (Wildman–Crippen MR) is 55.9 cm³/mol. The normalized spacial score (nSPS) is 14.6. The molecule has 0 spiro atoms. The Hall–Kier alpha value is -0.290. The molecule has 1 unspecified atom stereocenters. The van der Waals surface area contributed by atoms with Crippen molar-refractivity contribution in [3.63, 3.8) is 0 Å². The lowest BCUT2D eigenvalue weighted by molar-refractivity contribution is -0.124. The third-order valence-corrected chi connectivity index (χ3v) is 2.52. The number of nitrogens with zero attached hydrogens (tertiary/aromatic N) is 1. The third-order valence-electron chi connectivity index (χ3n) is 2.52. The molecular formula is C10H21F3N2. The minimum absolute atomic E-state index is 0.387.